The smallest absolute Gasteiger partial charge is 0.158 e. The molecule has 2 fully saturated rings. The van der Waals surface area contributed by atoms with Gasteiger partial charge >= 0.3 is 0 Å². The van der Waals surface area contributed by atoms with Gasteiger partial charge in [0.2, 0.25) is 0 Å². The first kappa shape index (κ1) is 9.91. The maximum Gasteiger partial charge on any atom is 0.158 e. The van der Waals surface area contributed by atoms with Crippen LogP contribution in [0.5, 0.6) is 0 Å². The Morgan fingerprint density at radius 1 is 1.50 bits per heavy atom. The standard InChI is InChI=1S/C12H18O2/c1-8-9-4-5-11(14-3)12(9,2)7-6-10(8)13/h9,11H,1,4-7H2,2-3H3/t9-,11-,12-/m0/s1. The zero-order valence-corrected chi connectivity index (χ0v) is 9.01. The molecule has 3 atom stereocenters. The largest absolute Gasteiger partial charge is 0.381 e. The van der Waals surface area contributed by atoms with Crippen LogP contribution < -0.4 is 0 Å². The van der Waals surface area contributed by atoms with E-state index in [0.29, 0.717) is 18.4 Å². The second-order valence-corrected chi connectivity index (χ2v) is 4.81. The molecule has 2 aliphatic carbocycles. The van der Waals surface area contributed by atoms with Crippen molar-refractivity contribution < 1.29 is 9.53 Å². The maximum atomic E-state index is 11.5. The SMILES string of the molecule is C=C1C(=O)CC[C@]2(C)[C@@H](OC)CC[C@@H]12. The molecule has 0 aromatic carbocycles. The molecule has 78 valence electrons. The number of Topliss-reactive ketones (excluding diaryl/α,β-unsaturated/α-hetero) is 1. The van der Waals surface area contributed by atoms with E-state index in [-0.39, 0.29) is 11.2 Å². The summed E-state index contributed by atoms with van der Waals surface area (Å²) in [5.74, 6) is 0.637. The number of hydrogen-bond acceptors (Lipinski definition) is 2. The van der Waals surface area contributed by atoms with Crippen LogP contribution in [0.3, 0.4) is 0 Å². The van der Waals surface area contributed by atoms with Gasteiger partial charge < -0.3 is 4.74 Å². The van der Waals surface area contributed by atoms with Gasteiger partial charge in [-0.15, -0.1) is 0 Å². The number of methoxy groups -OCH3 is 1. The Balaban J connectivity index is 2.28. The number of carbonyl (C=O) groups is 1. The molecule has 0 saturated heterocycles. The molecule has 0 unspecified atom stereocenters. The Morgan fingerprint density at radius 2 is 2.21 bits per heavy atom. The van der Waals surface area contributed by atoms with E-state index >= 15 is 0 Å². The highest BCUT2D eigenvalue weighted by Gasteiger charge is 2.51. The van der Waals surface area contributed by atoms with E-state index in [0.717, 1.165) is 24.8 Å². The number of ether oxygens (including phenoxy) is 1. The van der Waals surface area contributed by atoms with Crippen molar-refractivity contribution in [3.8, 4) is 0 Å². The predicted molar refractivity (Wildman–Crippen MR) is 55.0 cm³/mol. The van der Waals surface area contributed by atoms with Crippen LogP contribution in [0.1, 0.15) is 32.6 Å². The van der Waals surface area contributed by atoms with E-state index < -0.39 is 0 Å². The van der Waals surface area contributed by atoms with E-state index in [1.807, 2.05) is 0 Å². The number of ketones is 1. The zero-order valence-electron chi connectivity index (χ0n) is 9.01. The monoisotopic (exact) mass is 194 g/mol. The average molecular weight is 194 g/mol. The van der Waals surface area contributed by atoms with Crippen LogP contribution in [0.15, 0.2) is 12.2 Å². The van der Waals surface area contributed by atoms with Crippen LogP contribution in [0.2, 0.25) is 0 Å². The van der Waals surface area contributed by atoms with Gasteiger partial charge in [-0.1, -0.05) is 13.5 Å². The highest BCUT2D eigenvalue weighted by Crippen LogP contribution is 2.53. The van der Waals surface area contributed by atoms with Gasteiger partial charge in [0.25, 0.3) is 0 Å². The lowest BCUT2D eigenvalue weighted by Crippen LogP contribution is -2.39. The molecular weight excluding hydrogens is 176 g/mol. The van der Waals surface area contributed by atoms with E-state index in [2.05, 4.69) is 13.5 Å². The summed E-state index contributed by atoms with van der Waals surface area (Å²) in [7, 11) is 1.78. The molecule has 14 heavy (non-hydrogen) atoms. The fourth-order valence-electron chi connectivity index (χ4n) is 3.23. The van der Waals surface area contributed by atoms with E-state index in [4.69, 9.17) is 4.74 Å². The number of rotatable bonds is 1. The Kier molecular flexibility index (Phi) is 2.26. The number of allylic oxidation sites excluding steroid dienone is 1. The molecule has 0 N–H and O–H groups in total. The second-order valence-electron chi connectivity index (χ2n) is 4.81. The van der Waals surface area contributed by atoms with Gasteiger partial charge in [0.05, 0.1) is 6.10 Å². The Morgan fingerprint density at radius 3 is 2.86 bits per heavy atom. The number of hydrogen-bond donors (Lipinski definition) is 0. The van der Waals surface area contributed by atoms with Crippen LogP contribution in [-0.4, -0.2) is 19.0 Å². The third-order valence-corrected chi connectivity index (χ3v) is 4.20. The van der Waals surface area contributed by atoms with Crippen molar-refractivity contribution in [3.05, 3.63) is 12.2 Å². The van der Waals surface area contributed by atoms with E-state index in [9.17, 15) is 4.79 Å². The molecular formula is C12H18O2. The summed E-state index contributed by atoms with van der Waals surface area (Å²) in [4.78, 5) is 11.5. The summed E-state index contributed by atoms with van der Waals surface area (Å²) in [5.41, 5.74) is 1.01. The van der Waals surface area contributed by atoms with E-state index in [1.54, 1.807) is 7.11 Å². The fourth-order valence-corrected chi connectivity index (χ4v) is 3.23. The highest BCUT2D eigenvalue weighted by molar-refractivity contribution is 5.96. The normalized spacial score (nSPS) is 42.7. The molecule has 2 aliphatic rings. The zero-order chi connectivity index (χ0) is 10.3. The molecule has 0 spiro atoms. The summed E-state index contributed by atoms with van der Waals surface area (Å²) >= 11 is 0. The lowest BCUT2D eigenvalue weighted by Gasteiger charge is -2.40. The fraction of sp³-hybridized carbons (Fsp3) is 0.750. The molecule has 0 aliphatic heterocycles. The summed E-state index contributed by atoms with van der Waals surface area (Å²) in [5, 5.41) is 0. The lowest BCUT2D eigenvalue weighted by molar-refractivity contribution is -0.120. The molecule has 0 heterocycles. The first-order valence-electron chi connectivity index (χ1n) is 5.34. The van der Waals surface area contributed by atoms with Gasteiger partial charge in [0.15, 0.2) is 5.78 Å². The summed E-state index contributed by atoms with van der Waals surface area (Å²) in [6, 6.07) is 0. The van der Waals surface area contributed by atoms with Crippen LogP contribution in [-0.2, 0) is 9.53 Å². The Labute approximate surface area is 85.3 Å². The van der Waals surface area contributed by atoms with Crippen LogP contribution in [0, 0.1) is 11.3 Å². The van der Waals surface area contributed by atoms with Crippen molar-refractivity contribution in [1.29, 1.82) is 0 Å². The number of fused-ring (bicyclic) bond motifs is 1. The topological polar surface area (TPSA) is 26.3 Å². The van der Waals surface area contributed by atoms with Crippen molar-refractivity contribution >= 4 is 5.78 Å². The summed E-state index contributed by atoms with van der Waals surface area (Å²) < 4.78 is 5.51. The molecule has 0 radical (unpaired) electrons. The number of carbonyl (C=O) groups excluding carboxylic acids is 1. The van der Waals surface area contributed by atoms with Gasteiger partial charge in [0.1, 0.15) is 0 Å². The van der Waals surface area contributed by atoms with Crippen LogP contribution >= 0.6 is 0 Å². The Hall–Kier alpha value is -0.630. The summed E-state index contributed by atoms with van der Waals surface area (Å²) in [6.45, 7) is 6.19. The van der Waals surface area contributed by atoms with Crippen LogP contribution in [0.25, 0.3) is 0 Å². The molecule has 2 nitrogen and oxygen atoms in total. The van der Waals surface area contributed by atoms with Crippen LogP contribution in [0.4, 0.5) is 0 Å². The average Bonchev–Trinajstić information content (AvgIpc) is 2.50. The molecule has 0 aromatic heterocycles. The van der Waals surface area contributed by atoms with E-state index in [1.165, 1.54) is 0 Å². The van der Waals surface area contributed by atoms with Gasteiger partial charge in [-0.05, 0) is 30.8 Å². The lowest BCUT2D eigenvalue weighted by atomic mass is 9.66. The molecule has 2 saturated carbocycles. The van der Waals surface area contributed by atoms with Gasteiger partial charge in [-0.3, -0.25) is 4.79 Å². The van der Waals surface area contributed by atoms with Crippen molar-refractivity contribution in [2.24, 2.45) is 11.3 Å². The van der Waals surface area contributed by atoms with Crippen molar-refractivity contribution in [1.82, 2.24) is 0 Å². The maximum absolute atomic E-state index is 11.5. The van der Waals surface area contributed by atoms with Crippen molar-refractivity contribution in [2.45, 2.75) is 38.7 Å². The molecule has 2 heteroatoms. The molecule has 0 aromatic rings. The van der Waals surface area contributed by atoms with Crippen molar-refractivity contribution in [3.63, 3.8) is 0 Å². The van der Waals surface area contributed by atoms with Gasteiger partial charge in [-0.2, -0.15) is 0 Å². The third kappa shape index (κ3) is 1.17. The minimum Gasteiger partial charge on any atom is -0.381 e. The minimum atomic E-state index is 0.166. The summed E-state index contributed by atoms with van der Waals surface area (Å²) in [6.07, 6.45) is 4.08. The quantitative estimate of drug-likeness (QED) is 0.599. The first-order chi connectivity index (χ1) is 6.59. The molecule has 0 amide bonds. The highest BCUT2D eigenvalue weighted by atomic mass is 16.5. The Bertz CT molecular complexity index is 282. The first-order valence-corrected chi connectivity index (χ1v) is 5.34. The van der Waals surface area contributed by atoms with Crippen molar-refractivity contribution in [2.75, 3.05) is 7.11 Å². The minimum absolute atomic E-state index is 0.166. The predicted octanol–water partition coefficient (Wildman–Crippen LogP) is 2.34. The molecule has 2 rings (SSSR count). The van der Waals surface area contributed by atoms with Gasteiger partial charge in [-0.25, -0.2) is 0 Å². The third-order valence-electron chi connectivity index (χ3n) is 4.20. The molecule has 0 bridgehead atoms. The van der Waals surface area contributed by atoms with Gasteiger partial charge in [0, 0.05) is 18.9 Å². The second kappa shape index (κ2) is 3.20.